The molecular weight excluding hydrogens is 152 g/mol. The zero-order chi connectivity index (χ0) is 9.40. The van der Waals surface area contributed by atoms with E-state index in [1.165, 1.54) is 0 Å². The number of hydrogen-bond acceptors (Lipinski definition) is 2. The Morgan fingerprint density at radius 3 is 2.67 bits per heavy atom. The van der Waals surface area contributed by atoms with Gasteiger partial charge < -0.3 is 10.6 Å². The molecule has 0 atom stereocenters. The van der Waals surface area contributed by atoms with E-state index in [-0.39, 0.29) is 5.91 Å². The highest BCUT2D eigenvalue weighted by Gasteiger charge is 1.96. The van der Waals surface area contributed by atoms with Crippen LogP contribution in [0.5, 0.6) is 0 Å². The average Bonchev–Trinajstić information content (AvgIpc) is 1.98. The van der Waals surface area contributed by atoms with Crippen LogP contribution in [0.1, 0.15) is 20.3 Å². The molecule has 0 radical (unpaired) electrons. The van der Waals surface area contributed by atoms with E-state index in [4.69, 9.17) is 0 Å². The third-order valence-electron chi connectivity index (χ3n) is 1.33. The van der Waals surface area contributed by atoms with Gasteiger partial charge in [0.15, 0.2) is 0 Å². The summed E-state index contributed by atoms with van der Waals surface area (Å²) in [6.45, 7) is 9.84. The fourth-order valence-corrected chi connectivity index (χ4v) is 0.789. The van der Waals surface area contributed by atoms with E-state index in [2.05, 4.69) is 17.2 Å². The van der Waals surface area contributed by atoms with Crippen molar-refractivity contribution in [3.8, 4) is 0 Å². The van der Waals surface area contributed by atoms with Gasteiger partial charge in [-0.1, -0.05) is 12.2 Å². The van der Waals surface area contributed by atoms with Gasteiger partial charge in [0.05, 0.1) is 0 Å². The van der Waals surface area contributed by atoms with Gasteiger partial charge >= 0.3 is 0 Å². The first-order chi connectivity index (χ1) is 5.66. The van der Waals surface area contributed by atoms with Crippen molar-refractivity contribution in [3.05, 3.63) is 12.2 Å². The molecule has 0 fully saturated rings. The quantitative estimate of drug-likeness (QED) is 0.454. The lowest BCUT2D eigenvalue weighted by Crippen LogP contribution is -2.27. The van der Waals surface area contributed by atoms with E-state index in [0.717, 1.165) is 18.7 Å². The minimum absolute atomic E-state index is 0.103. The SMILES string of the molecule is C=C(C)CNCCC(=O)NCC. The van der Waals surface area contributed by atoms with E-state index < -0.39 is 0 Å². The molecule has 0 bridgehead atoms. The number of carbonyl (C=O) groups excluding carboxylic acids is 1. The normalized spacial score (nSPS) is 9.50. The molecule has 3 heteroatoms. The van der Waals surface area contributed by atoms with Crippen LogP contribution in [0.3, 0.4) is 0 Å². The Kier molecular flexibility index (Phi) is 6.38. The second kappa shape index (κ2) is 6.85. The minimum atomic E-state index is 0.103. The molecule has 0 heterocycles. The lowest BCUT2D eigenvalue weighted by Gasteiger charge is -2.03. The van der Waals surface area contributed by atoms with Gasteiger partial charge in [0.2, 0.25) is 5.91 Å². The summed E-state index contributed by atoms with van der Waals surface area (Å²) in [6.07, 6.45) is 0.543. The highest BCUT2D eigenvalue weighted by atomic mass is 16.1. The first-order valence-corrected chi connectivity index (χ1v) is 4.28. The van der Waals surface area contributed by atoms with Crippen LogP contribution in [0.25, 0.3) is 0 Å². The topological polar surface area (TPSA) is 41.1 Å². The molecule has 0 unspecified atom stereocenters. The highest BCUT2D eigenvalue weighted by molar-refractivity contribution is 5.75. The summed E-state index contributed by atoms with van der Waals surface area (Å²) >= 11 is 0. The zero-order valence-electron chi connectivity index (χ0n) is 7.94. The Bertz CT molecular complexity index is 155. The average molecular weight is 170 g/mol. The summed E-state index contributed by atoms with van der Waals surface area (Å²) < 4.78 is 0. The number of hydrogen-bond donors (Lipinski definition) is 2. The molecule has 0 saturated heterocycles. The number of nitrogens with one attached hydrogen (secondary N) is 2. The lowest BCUT2D eigenvalue weighted by molar-refractivity contribution is -0.120. The van der Waals surface area contributed by atoms with Crippen LogP contribution in [-0.2, 0) is 4.79 Å². The van der Waals surface area contributed by atoms with Crippen molar-refractivity contribution in [1.82, 2.24) is 10.6 Å². The maximum atomic E-state index is 10.9. The molecule has 2 N–H and O–H groups in total. The van der Waals surface area contributed by atoms with E-state index in [9.17, 15) is 4.79 Å². The summed E-state index contributed by atoms with van der Waals surface area (Å²) in [5.41, 5.74) is 1.09. The summed E-state index contributed by atoms with van der Waals surface area (Å²) in [6, 6.07) is 0. The van der Waals surface area contributed by atoms with E-state index in [1.54, 1.807) is 0 Å². The van der Waals surface area contributed by atoms with Gasteiger partial charge in [-0.25, -0.2) is 0 Å². The van der Waals surface area contributed by atoms with Gasteiger partial charge in [-0.3, -0.25) is 4.79 Å². The van der Waals surface area contributed by atoms with Gasteiger partial charge in [0, 0.05) is 26.1 Å². The molecule has 12 heavy (non-hydrogen) atoms. The highest BCUT2D eigenvalue weighted by Crippen LogP contribution is 1.82. The molecule has 0 aliphatic carbocycles. The Hall–Kier alpha value is -0.830. The van der Waals surface area contributed by atoms with Crippen molar-refractivity contribution in [1.29, 1.82) is 0 Å². The van der Waals surface area contributed by atoms with Crippen LogP contribution in [0, 0.1) is 0 Å². The number of carbonyl (C=O) groups is 1. The molecule has 0 saturated carbocycles. The fourth-order valence-electron chi connectivity index (χ4n) is 0.789. The van der Waals surface area contributed by atoms with Gasteiger partial charge in [-0.2, -0.15) is 0 Å². The Morgan fingerprint density at radius 1 is 1.50 bits per heavy atom. The third-order valence-corrected chi connectivity index (χ3v) is 1.33. The number of rotatable bonds is 6. The molecule has 0 aliphatic heterocycles. The molecule has 0 aromatic heterocycles. The van der Waals surface area contributed by atoms with E-state index in [1.807, 2.05) is 13.8 Å². The second-order valence-electron chi connectivity index (χ2n) is 2.84. The molecule has 0 aromatic carbocycles. The Labute approximate surface area is 74.2 Å². The van der Waals surface area contributed by atoms with Gasteiger partial charge in [0.25, 0.3) is 0 Å². The first kappa shape index (κ1) is 11.2. The first-order valence-electron chi connectivity index (χ1n) is 4.28. The maximum Gasteiger partial charge on any atom is 0.221 e. The number of amides is 1. The minimum Gasteiger partial charge on any atom is -0.356 e. The van der Waals surface area contributed by atoms with Crippen molar-refractivity contribution < 1.29 is 4.79 Å². The van der Waals surface area contributed by atoms with Crippen LogP contribution in [0.15, 0.2) is 12.2 Å². The third kappa shape index (κ3) is 7.28. The molecular formula is C9H18N2O. The smallest absolute Gasteiger partial charge is 0.221 e. The summed E-state index contributed by atoms with van der Waals surface area (Å²) in [7, 11) is 0. The van der Waals surface area contributed by atoms with E-state index >= 15 is 0 Å². The monoisotopic (exact) mass is 170 g/mol. The van der Waals surface area contributed by atoms with Crippen molar-refractivity contribution in [2.45, 2.75) is 20.3 Å². The van der Waals surface area contributed by atoms with Crippen molar-refractivity contribution >= 4 is 5.91 Å². The van der Waals surface area contributed by atoms with Gasteiger partial charge in [0.1, 0.15) is 0 Å². The molecule has 3 nitrogen and oxygen atoms in total. The molecule has 0 aliphatic rings. The van der Waals surface area contributed by atoms with Gasteiger partial charge in [-0.05, 0) is 13.8 Å². The van der Waals surface area contributed by atoms with Crippen LogP contribution < -0.4 is 10.6 Å². The lowest BCUT2D eigenvalue weighted by atomic mass is 10.3. The molecule has 0 aromatic rings. The standard InChI is InChI=1S/C9H18N2O/c1-4-11-9(12)5-6-10-7-8(2)3/h10H,2,4-7H2,1,3H3,(H,11,12). The largest absolute Gasteiger partial charge is 0.356 e. The summed E-state index contributed by atoms with van der Waals surface area (Å²) in [5, 5.41) is 5.85. The van der Waals surface area contributed by atoms with Crippen LogP contribution in [0.2, 0.25) is 0 Å². The second-order valence-corrected chi connectivity index (χ2v) is 2.84. The fraction of sp³-hybridized carbons (Fsp3) is 0.667. The van der Waals surface area contributed by atoms with Crippen molar-refractivity contribution in [2.24, 2.45) is 0 Å². The van der Waals surface area contributed by atoms with Gasteiger partial charge in [-0.15, -0.1) is 0 Å². The predicted octanol–water partition coefficient (Wildman–Crippen LogP) is 0.678. The van der Waals surface area contributed by atoms with Crippen LogP contribution in [0.4, 0.5) is 0 Å². The molecule has 0 spiro atoms. The van der Waals surface area contributed by atoms with Crippen LogP contribution >= 0.6 is 0 Å². The predicted molar refractivity (Wildman–Crippen MR) is 51.0 cm³/mol. The van der Waals surface area contributed by atoms with E-state index in [0.29, 0.717) is 13.0 Å². The summed E-state index contributed by atoms with van der Waals surface area (Å²) in [4.78, 5) is 10.9. The zero-order valence-corrected chi connectivity index (χ0v) is 7.94. The molecule has 70 valence electrons. The Morgan fingerprint density at radius 2 is 2.17 bits per heavy atom. The van der Waals surface area contributed by atoms with Crippen molar-refractivity contribution in [2.75, 3.05) is 19.6 Å². The summed E-state index contributed by atoms with van der Waals surface area (Å²) in [5.74, 6) is 0.103. The van der Waals surface area contributed by atoms with Crippen molar-refractivity contribution in [3.63, 3.8) is 0 Å². The molecule has 1 amide bonds. The Balaban J connectivity index is 3.19. The maximum absolute atomic E-state index is 10.9. The molecule has 0 rings (SSSR count). The van der Waals surface area contributed by atoms with Crippen LogP contribution in [-0.4, -0.2) is 25.5 Å².